The van der Waals surface area contributed by atoms with Gasteiger partial charge in [0.05, 0.1) is 25.5 Å². The van der Waals surface area contributed by atoms with Gasteiger partial charge in [-0.3, -0.25) is 9.80 Å². The Morgan fingerprint density at radius 1 is 1.17 bits per heavy atom. The number of rotatable bonds is 8. The smallest absolute Gasteiger partial charge is 0.0648 e. The summed E-state index contributed by atoms with van der Waals surface area (Å²) in [6.45, 7) is 7.33. The predicted octanol–water partition coefficient (Wildman–Crippen LogP) is 0.999. The van der Waals surface area contributed by atoms with Crippen molar-refractivity contribution in [3.05, 3.63) is 48.3 Å². The summed E-state index contributed by atoms with van der Waals surface area (Å²) < 4.78 is 7.26. The maximum Gasteiger partial charge on any atom is 0.0648 e. The van der Waals surface area contributed by atoms with Gasteiger partial charge in [-0.05, 0) is 23.8 Å². The van der Waals surface area contributed by atoms with E-state index in [2.05, 4.69) is 39.2 Å². The molecule has 3 rings (SSSR count). The zero-order chi connectivity index (χ0) is 16.6. The van der Waals surface area contributed by atoms with Gasteiger partial charge in [-0.1, -0.05) is 12.1 Å². The maximum atomic E-state index is 9.37. The standard InChI is InChI=1S/C18H26N4O2/c23-12-9-21(8-7-20-10-13-24-14-11-20)16-17-3-1-4-18(15-17)22-6-2-5-19-22/h1-6,15,23H,7-14,16H2. The third-order valence-electron chi connectivity index (χ3n) is 4.34. The number of ether oxygens (including phenoxy) is 1. The second-order valence-electron chi connectivity index (χ2n) is 6.07. The van der Waals surface area contributed by atoms with E-state index in [9.17, 15) is 5.11 Å². The molecule has 0 aliphatic carbocycles. The van der Waals surface area contributed by atoms with Gasteiger partial charge in [0.15, 0.2) is 0 Å². The fourth-order valence-corrected chi connectivity index (χ4v) is 3.00. The molecule has 0 radical (unpaired) electrons. The molecule has 1 N–H and O–H groups in total. The molecule has 1 saturated heterocycles. The first-order valence-corrected chi connectivity index (χ1v) is 8.57. The average Bonchev–Trinajstić information content (AvgIpc) is 3.16. The number of benzene rings is 1. The van der Waals surface area contributed by atoms with Crippen LogP contribution in [0.25, 0.3) is 5.69 Å². The molecule has 0 spiro atoms. The zero-order valence-corrected chi connectivity index (χ0v) is 14.0. The highest BCUT2D eigenvalue weighted by Crippen LogP contribution is 2.12. The summed E-state index contributed by atoms with van der Waals surface area (Å²) in [5.74, 6) is 0. The van der Waals surface area contributed by atoms with Gasteiger partial charge in [0.25, 0.3) is 0 Å². The van der Waals surface area contributed by atoms with Crippen LogP contribution in [-0.4, -0.2) is 77.2 Å². The lowest BCUT2D eigenvalue weighted by atomic mass is 10.2. The summed E-state index contributed by atoms with van der Waals surface area (Å²) in [6.07, 6.45) is 3.73. The molecule has 130 valence electrons. The molecular weight excluding hydrogens is 304 g/mol. The van der Waals surface area contributed by atoms with Crippen molar-refractivity contribution in [2.24, 2.45) is 0 Å². The van der Waals surface area contributed by atoms with Crippen molar-refractivity contribution in [2.75, 3.05) is 52.5 Å². The normalized spacial score (nSPS) is 15.9. The van der Waals surface area contributed by atoms with Gasteiger partial charge in [-0.25, -0.2) is 4.68 Å². The van der Waals surface area contributed by atoms with E-state index in [0.717, 1.165) is 51.6 Å². The molecule has 6 nitrogen and oxygen atoms in total. The van der Waals surface area contributed by atoms with Crippen LogP contribution >= 0.6 is 0 Å². The van der Waals surface area contributed by atoms with Gasteiger partial charge in [0.1, 0.15) is 0 Å². The van der Waals surface area contributed by atoms with Crippen LogP contribution < -0.4 is 0 Å². The molecule has 6 heteroatoms. The van der Waals surface area contributed by atoms with Crippen LogP contribution in [0.3, 0.4) is 0 Å². The lowest BCUT2D eigenvalue weighted by Crippen LogP contribution is -2.41. The minimum atomic E-state index is 0.182. The van der Waals surface area contributed by atoms with E-state index in [1.165, 1.54) is 5.56 Å². The Morgan fingerprint density at radius 3 is 2.79 bits per heavy atom. The van der Waals surface area contributed by atoms with E-state index in [1.807, 2.05) is 16.9 Å². The highest BCUT2D eigenvalue weighted by Gasteiger charge is 2.13. The van der Waals surface area contributed by atoms with Crippen molar-refractivity contribution >= 4 is 0 Å². The number of aromatic nitrogens is 2. The Kier molecular flexibility index (Phi) is 6.37. The second kappa shape index (κ2) is 8.94. The van der Waals surface area contributed by atoms with E-state index >= 15 is 0 Å². The van der Waals surface area contributed by atoms with E-state index < -0.39 is 0 Å². The van der Waals surface area contributed by atoms with Crippen LogP contribution in [0.5, 0.6) is 0 Å². The fourth-order valence-electron chi connectivity index (χ4n) is 3.00. The number of aliphatic hydroxyl groups is 1. The first kappa shape index (κ1) is 17.1. The van der Waals surface area contributed by atoms with Crippen LogP contribution in [0, 0.1) is 0 Å². The molecule has 24 heavy (non-hydrogen) atoms. The molecular formula is C18H26N4O2. The topological polar surface area (TPSA) is 53.8 Å². The third kappa shape index (κ3) is 4.88. The Bertz CT molecular complexity index is 597. The Morgan fingerprint density at radius 2 is 2.04 bits per heavy atom. The van der Waals surface area contributed by atoms with Gasteiger partial charge in [-0.15, -0.1) is 0 Å². The fraction of sp³-hybridized carbons (Fsp3) is 0.500. The molecule has 1 aliphatic heterocycles. The minimum Gasteiger partial charge on any atom is -0.395 e. The highest BCUT2D eigenvalue weighted by molar-refractivity contribution is 5.35. The van der Waals surface area contributed by atoms with Crippen LogP contribution in [0.4, 0.5) is 0 Å². The number of hydrogen-bond acceptors (Lipinski definition) is 5. The SMILES string of the molecule is OCCN(CCN1CCOCC1)Cc1cccc(-n2cccn2)c1. The van der Waals surface area contributed by atoms with Crippen molar-refractivity contribution in [1.82, 2.24) is 19.6 Å². The lowest BCUT2D eigenvalue weighted by Gasteiger charge is -2.30. The van der Waals surface area contributed by atoms with Gasteiger partial charge >= 0.3 is 0 Å². The van der Waals surface area contributed by atoms with Crippen LogP contribution in [-0.2, 0) is 11.3 Å². The quantitative estimate of drug-likeness (QED) is 0.783. The summed E-state index contributed by atoms with van der Waals surface area (Å²) in [5, 5.41) is 13.7. The van der Waals surface area contributed by atoms with E-state index in [1.54, 1.807) is 6.20 Å². The lowest BCUT2D eigenvalue weighted by molar-refractivity contribution is 0.0320. The summed E-state index contributed by atoms with van der Waals surface area (Å²) in [4.78, 5) is 4.73. The van der Waals surface area contributed by atoms with Crippen LogP contribution in [0.2, 0.25) is 0 Å². The van der Waals surface area contributed by atoms with Crippen molar-refractivity contribution in [3.63, 3.8) is 0 Å². The molecule has 0 amide bonds. The zero-order valence-electron chi connectivity index (χ0n) is 14.0. The van der Waals surface area contributed by atoms with Gasteiger partial charge < -0.3 is 9.84 Å². The largest absolute Gasteiger partial charge is 0.395 e. The molecule has 0 bridgehead atoms. The Labute approximate surface area is 143 Å². The van der Waals surface area contributed by atoms with Crippen molar-refractivity contribution in [3.8, 4) is 5.69 Å². The van der Waals surface area contributed by atoms with Crippen molar-refractivity contribution in [2.45, 2.75) is 6.54 Å². The van der Waals surface area contributed by atoms with E-state index in [-0.39, 0.29) is 6.61 Å². The highest BCUT2D eigenvalue weighted by atomic mass is 16.5. The molecule has 1 aromatic heterocycles. The molecule has 1 aromatic carbocycles. The predicted molar refractivity (Wildman–Crippen MR) is 93.2 cm³/mol. The summed E-state index contributed by atoms with van der Waals surface area (Å²) in [6, 6.07) is 10.3. The summed E-state index contributed by atoms with van der Waals surface area (Å²) in [7, 11) is 0. The molecule has 1 aliphatic rings. The van der Waals surface area contributed by atoms with Crippen LogP contribution in [0.15, 0.2) is 42.7 Å². The summed E-state index contributed by atoms with van der Waals surface area (Å²) >= 11 is 0. The molecule has 0 unspecified atom stereocenters. The summed E-state index contributed by atoms with van der Waals surface area (Å²) in [5.41, 5.74) is 2.30. The third-order valence-corrected chi connectivity index (χ3v) is 4.34. The maximum absolute atomic E-state index is 9.37. The van der Waals surface area contributed by atoms with E-state index in [0.29, 0.717) is 6.54 Å². The van der Waals surface area contributed by atoms with Gasteiger partial charge in [0, 0.05) is 51.7 Å². The van der Waals surface area contributed by atoms with Gasteiger partial charge in [0.2, 0.25) is 0 Å². The first-order valence-electron chi connectivity index (χ1n) is 8.57. The van der Waals surface area contributed by atoms with Crippen LogP contribution in [0.1, 0.15) is 5.56 Å². The van der Waals surface area contributed by atoms with Crippen molar-refractivity contribution in [1.29, 1.82) is 0 Å². The number of aliphatic hydroxyl groups excluding tert-OH is 1. The molecule has 0 saturated carbocycles. The first-order chi connectivity index (χ1) is 11.8. The number of hydrogen-bond donors (Lipinski definition) is 1. The molecule has 2 heterocycles. The number of nitrogens with zero attached hydrogens (tertiary/aromatic N) is 4. The Hall–Kier alpha value is -1.73. The van der Waals surface area contributed by atoms with Gasteiger partial charge in [-0.2, -0.15) is 5.10 Å². The Balaban J connectivity index is 1.59. The second-order valence-corrected chi connectivity index (χ2v) is 6.07. The molecule has 1 fully saturated rings. The monoisotopic (exact) mass is 330 g/mol. The minimum absolute atomic E-state index is 0.182. The van der Waals surface area contributed by atoms with E-state index in [4.69, 9.17) is 4.74 Å². The number of morpholine rings is 1. The molecule has 2 aromatic rings. The van der Waals surface area contributed by atoms with Crippen molar-refractivity contribution < 1.29 is 9.84 Å². The average molecular weight is 330 g/mol. The molecule has 0 atom stereocenters.